The molecular weight excluding hydrogens is 272 g/mol. The monoisotopic (exact) mass is 293 g/mol. The van der Waals surface area contributed by atoms with E-state index in [9.17, 15) is 8.78 Å². The lowest BCUT2D eigenvalue weighted by Crippen LogP contribution is -2.08. The summed E-state index contributed by atoms with van der Waals surface area (Å²) in [5.41, 5.74) is 12.8. The molecule has 0 fully saturated rings. The Labute approximate surface area is 124 Å². The summed E-state index contributed by atoms with van der Waals surface area (Å²) in [5.74, 6) is -1.36. The number of hydrogen-bond acceptors (Lipinski definition) is 3. The minimum atomic E-state index is -0.679. The Morgan fingerprint density at radius 1 is 0.952 bits per heavy atom. The molecule has 2 aromatic rings. The number of benzene rings is 2. The van der Waals surface area contributed by atoms with Crippen LogP contribution in [-0.2, 0) is 6.42 Å². The van der Waals surface area contributed by atoms with Crippen LogP contribution >= 0.6 is 0 Å². The topological polar surface area (TPSA) is 55.3 Å². The van der Waals surface area contributed by atoms with E-state index >= 15 is 0 Å². The molecule has 0 aliphatic heterocycles. The van der Waals surface area contributed by atoms with E-state index < -0.39 is 17.3 Å². The van der Waals surface area contributed by atoms with Gasteiger partial charge in [0.2, 0.25) is 0 Å². The van der Waals surface area contributed by atoms with Gasteiger partial charge in [0, 0.05) is 25.5 Å². The molecule has 0 saturated carbocycles. The van der Waals surface area contributed by atoms with Crippen LogP contribution in [-0.4, -0.2) is 14.1 Å². The van der Waals surface area contributed by atoms with E-state index in [-0.39, 0.29) is 0 Å². The zero-order valence-electron chi connectivity index (χ0n) is 12.5. The standard InChI is InChI=1S/C8H9F2N.C8H12N2/c1-2-5-3-6(9)8(11)7(10)4-5;1-10(2)8-5-3-7(9)4-6-8/h3-4H,2,11H2,1H3;3-6H,9H2,1-2H3. The zero-order chi connectivity index (χ0) is 16.0. The highest BCUT2D eigenvalue weighted by Gasteiger charge is 2.05. The molecule has 0 bridgehead atoms. The highest BCUT2D eigenvalue weighted by Crippen LogP contribution is 2.17. The summed E-state index contributed by atoms with van der Waals surface area (Å²) in [6.45, 7) is 1.82. The van der Waals surface area contributed by atoms with E-state index in [2.05, 4.69) is 0 Å². The summed E-state index contributed by atoms with van der Waals surface area (Å²) in [5, 5.41) is 0. The predicted molar refractivity (Wildman–Crippen MR) is 85.3 cm³/mol. The molecule has 3 nitrogen and oxygen atoms in total. The van der Waals surface area contributed by atoms with Crippen molar-refractivity contribution in [2.24, 2.45) is 0 Å². The second-order valence-corrected chi connectivity index (χ2v) is 4.81. The molecule has 21 heavy (non-hydrogen) atoms. The number of nitrogens with two attached hydrogens (primary N) is 2. The van der Waals surface area contributed by atoms with Crippen molar-refractivity contribution in [3.63, 3.8) is 0 Å². The Balaban J connectivity index is 0.000000211. The molecular formula is C16H21F2N3. The summed E-state index contributed by atoms with van der Waals surface area (Å²) >= 11 is 0. The fourth-order valence-electron chi connectivity index (χ4n) is 1.61. The first-order chi connectivity index (χ1) is 9.85. The van der Waals surface area contributed by atoms with Crippen LogP contribution < -0.4 is 16.4 Å². The van der Waals surface area contributed by atoms with Crippen molar-refractivity contribution in [2.45, 2.75) is 13.3 Å². The Hall–Kier alpha value is -2.30. The minimum Gasteiger partial charge on any atom is -0.399 e. The summed E-state index contributed by atoms with van der Waals surface area (Å²) in [6.07, 6.45) is 0.605. The number of halogens is 2. The molecule has 2 rings (SSSR count). The first-order valence-electron chi connectivity index (χ1n) is 6.61. The third-order valence-corrected chi connectivity index (χ3v) is 2.96. The Morgan fingerprint density at radius 3 is 1.81 bits per heavy atom. The van der Waals surface area contributed by atoms with Gasteiger partial charge >= 0.3 is 0 Å². The van der Waals surface area contributed by atoms with Crippen LogP contribution in [0.3, 0.4) is 0 Å². The molecule has 0 aliphatic carbocycles. The van der Waals surface area contributed by atoms with E-state index in [4.69, 9.17) is 11.5 Å². The van der Waals surface area contributed by atoms with Crippen LogP contribution in [0.15, 0.2) is 36.4 Å². The van der Waals surface area contributed by atoms with Crippen molar-refractivity contribution in [1.82, 2.24) is 0 Å². The van der Waals surface area contributed by atoms with Crippen molar-refractivity contribution in [3.05, 3.63) is 53.6 Å². The SMILES string of the molecule is CCc1cc(F)c(N)c(F)c1.CN(C)c1ccc(N)cc1. The van der Waals surface area contributed by atoms with Gasteiger partial charge < -0.3 is 16.4 Å². The fourth-order valence-corrected chi connectivity index (χ4v) is 1.61. The Bertz CT molecular complexity index is 558. The predicted octanol–water partition coefficient (Wildman–Crippen LogP) is 3.44. The summed E-state index contributed by atoms with van der Waals surface area (Å²) in [4.78, 5) is 2.04. The van der Waals surface area contributed by atoms with Gasteiger partial charge in [0.15, 0.2) is 0 Å². The molecule has 0 saturated heterocycles. The zero-order valence-corrected chi connectivity index (χ0v) is 12.5. The lowest BCUT2D eigenvalue weighted by molar-refractivity contribution is 0.588. The molecule has 0 unspecified atom stereocenters. The van der Waals surface area contributed by atoms with Gasteiger partial charge in [0.1, 0.15) is 17.3 Å². The number of rotatable bonds is 2. The summed E-state index contributed by atoms with van der Waals surface area (Å²) in [6, 6.07) is 10.3. The Kier molecular flexibility index (Phi) is 5.96. The molecule has 0 radical (unpaired) electrons. The van der Waals surface area contributed by atoms with Crippen LogP contribution in [0.5, 0.6) is 0 Å². The largest absolute Gasteiger partial charge is 0.399 e. The van der Waals surface area contributed by atoms with Gasteiger partial charge in [-0.25, -0.2) is 8.78 Å². The third-order valence-electron chi connectivity index (χ3n) is 2.96. The van der Waals surface area contributed by atoms with Gasteiger partial charge in [-0.3, -0.25) is 0 Å². The maximum absolute atomic E-state index is 12.7. The van der Waals surface area contributed by atoms with Crippen LogP contribution in [0.1, 0.15) is 12.5 Å². The van der Waals surface area contributed by atoms with Gasteiger partial charge in [-0.1, -0.05) is 6.92 Å². The number of anilines is 3. The molecule has 0 aromatic heterocycles. The Morgan fingerprint density at radius 2 is 1.43 bits per heavy atom. The molecule has 114 valence electrons. The minimum absolute atomic E-state index is 0.401. The van der Waals surface area contributed by atoms with Crippen LogP contribution in [0.25, 0.3) is 0 Å². The van der Waals surface area contributed by atoms with Crippen molar-refractivity contribution in [1.29, 1.82) is 0 Å². The van der Waals surface area contributed by atoms with Crippen molar-refractivity contribution < 1.29 is 8.78 Å². The second-order valence-electron chi connectivity index (χ2n) is 4.81. The molecule has 0 atom stereocenters. The van der Waals surface area contributed by atoms with Gasteiger partial charge in [-0.05, 0) is 48.4 Å². The average Bonchev–Trinajstić information content (AvgIpc) is 2.45. The number of nitrogen functional groups attached to an aromatic ring is 2. The molecule has 0 spiro atoms. The van der Waals surface area contributed by atoms with Gasteiger partial charge in [0.25, 0.3) is 0 Å². The van der Waals surface area contributed by atoms with Crippen LogP contribution in [0.4, 0.5) is 25.8 Å². The normalized spacial score (nSPS) is 9.76. The summed E-state index contributed by atoms with van der Waals surface area (Å²) in [7, 11) is 4.01. The maximum atomic E-state index is 12.7. The molecule has 0 aliphatic rings. The van der Waals surface area contributed by atoms with E-state index in [1.165, 1.54) is 17.8 Å². The fraction of sp³-hybridized carbons (Fsp3) is 0.250. The lowest BCUT2D eigenvalue weighted by atomic mass is 10.1. The van der Waals surface area contributed by atoms with Gasteiger partial charge in [-0.2, -0.15) is 0 Å². The third kappa shape index (κ3) is 4.95. The van der Waals surface area contributed by atoms with Crippen molar-refractivity contribution in [3.8, 4) is 0 Å². The van der Waals surface area contributed by atoms with Gasteiger partial charge in [-0.15, -0.1) is 0 Å². The smallest absolute Gasteiger partial charge is 0.149 e. The van der Waals surface area contributed by atoms with E-state index in [0.717, 1.165) is 5.69 Å². The maximum Gasteiger partial charge on any atom is 0.149 e. The summed E-state index contributed by atoms with van der Waals surface area (Å²) < 4.78 is 25.3. The number of hydrogen-bond donors (Lipinski definition) is 2. The van der Waals surface area contributed by atoms with Crippen molar-refractivity contribution in [2.75, 3.05) is 30.5 Å². The van der Waals surface area contributed by atoms with Crippen LogP contribution in [0.2, 0.25) is 0 Å². The second kappa shape index (κ2) is 7.47. The molecule has 2 aromatic carbocycles. The highest BCUT2D eigenvalue weighted by molar-refractivity contribution is 5.52. The molecule has 0 amide bonds. The van der Waals surface area contributed by atoms with Gasteiger partial charge in [0.05, 0.1) is 0 Å². The molecule has 5 heteroatoms. The number of aryl methyl sites for hydroxylation is 1. The first-order valence-corrected chi connectivity index (χ1v) is 6.61. The average molecular weight is 293 g/mol. The quantitative estimate of drug-likeness (QED) is 0.834. The first kappa shape index (κ1) is 16.8. The lowest BCUT2D eigenvalue weighted by Gasteiger charge is -2.11. The number of nitrogens with zero attached hydrogens (tertiary/aromatic N) is 1. The molecule has 0 heterocycles. The van der Waals surface area contributed by atoms with E-state index in [0.29, 0.717) is 12.0 Å². The highest BCUT2D eigenvalue weighted by atomic mass is 19.1. The molecule has 4 N–H and O–H groups in total. The van der Waals surface area contributed by atoms with Crippen molar-refractivity contribution >= 4 is 17.1 Å². The van der Waals surface area contributed by atoms with Crippen LogP contribution in [0, 0.1) is 11.6 Å². The van der Waals surface area contributed by atoms with E-state index in [1.807, 2.05) is 50.2 Å². The van der Waals surface area contributed by atoms with E-state index in [1.54, 1.807) is 0 Å².